The Labute approximate surface area is 118 Å². The minimum Gasteiger partial charge on any atom is -0.354 e. The third kappa shape index (κ3) is 5.87. The van der Waals surface area contributed by atoms with Gasteiger partial charge in [0, 0.05) is 23.9 Å². The highest BCUT2D eigenvalue weighted by atomic mass is 32.1. The zero-order valence-electron chi connectivity index (χ0n) is 11.6. The summed E-state index contributed by atoms with van der Waals surface area (Å²) in [5.74, 6) is 0.165. The Bertz CT molecular complexity index is 386. The van der Waals surface area contributed by atoms with Crippen molar-refractivity contribution in [2.24, 2.45) is 5.92 Å². The second-order valence-electron chi connectivity index (χ2n) is 4.41. The van der Waals surface area contributed by atoms with Gasteiger partial charge in [-0.2, -0.15) is 0 Å². The van der Waals surface area contributed by atoms with Gasteiger partial charge >= 0.3 is 0 Å². The second-order valence-corrected chi connectivity index (χ2v) is 5.44. The summed E-state index contributed by atoms with van der Waals surface area (Å²) in [4.78, 5) is 24.3. The van der Waals surface area contributed by atoms with Crippen LogP contribution in [0.1, 0.15) is 31.6 Å². The first-order valence-electron chi connectivity index (χ1n) is 6.74. The fourth-order valence-corrected chi connectivity index (χ4v) is 2.53. The average molecular weight is 282 g/mol. The van der Waals surface area contributed by atoms with Gasteiger partial charge in [-0.1, -0.05) is 19.9 Å². The van der Waals surface area contributed by atoms with E-state index >= 15 is 0 Å². The maximum Gasteiger partial charge on any atom is 0.225 e. The van der Waals surface area contributed by atoms with Gasteiger partial charge in [-0.25, -0.2) is 0 Å². The number of hydrogen-bond acceptors (Lipinski definition) is 3. The van der Waals surface area contributed by atoms with Crippen molar-refractivity contribution < 1.29 is 9.59 Å². The summed E-state index contributed by atoms with van der Waals surface area (Å²) in [7, 11) is 0. The molecule has 0 aliphatic carbocycles. The number of hydrogen-bond donors (Lipinski definition) is 2. The lowest BCUT2D eigenvalue weighted by Crippen LogP contribution is -2.37. The van der Waals surface area contributed by atoms with Crippen LogP contribution in [0.25, 0.3) is 0 Å². The molecule has 0 fully saturated rings. The van der Waals surface area contributed by atoms with Crippen LogP contribution in [0.15, 0.2) is 17.5 Å². The van der Waals surface area contributed by atoms with Crippen molar-refractivity contribution in [3.63, 3.8) is 0 Å². The van der Waals surface area contributed by atoms with E-state index in [1.165, 1.54) is 0 Å². The summed E-state index contributed by atoms with van der Waals surface area (Å²) < 4.78 is 0. The Hall–Kier alpha value is -1.36. The number of thiophene rings is 1. The molecule has 1 aromatic rings. The molecule has 0 saturated heterocycles. The van der Waals surface area contributed by atoms with Crippen LogP contribution in [-0.4, -0.2) is 24.9 Å². The first kappa shape index (κ1) is 15.7. The van der Waals surface area contributed by atoms with Gasteiger partial charge in [0.05, 0.1) is 6.42 Å². The van der Waals surface area contributed by atoms with Crippen LogP contribution in [0.3, 0.4) is 0 Å². The van der Waals surface area contributed by atoms with Crippen molar-refractivity contribution in [2.75, 3.05) is 13.1 Å². The van der Waals surface area contributed by atoms with E-state index in [9.17, 15) is 9.59 Å². The Balaban J connectivity index is 2.13. The smallest absolute Gasteiger partial charge is 0.225 e. The average Bonchev–Trinajstić information content (AvgIpc) is 2.89. The first-order valence-corrected chi connectivity index (χ1v) is 7.62. The van der Waals surface area contributed by atoms with E-state index in [1.807, 2.05) is 31.4 Å². The third-order valence-corrected chi connectivity index (χ3v) is 3.89. The molecule has 0 atom stereocenters. The highest BCUT2D eigenvalue weighted by Gasteiger charge is 2.12. The number of carbonyl (C=O) groups excluding carboxylic acids is 2. The summed E-state index contributed by atoms with van der Waals surface area (Å²) in [6.45, 7) is 4.99. The monoisotopic (exact) mass is 282 g/mol. The van der Waals surface area contributed by atoms with Crippen molar-refractivity contribution in [3.05, 3.63) is 22.4 Å². The molecule has 0 unspecified atom stereocenters. The third-order valence-electron chi connectivity index (χ3n) is 3.02. The molecule has 1 rings (SSSR count). The molecule has 19 heavy (non-hydrogen) atoms. The molecular formula is C14H22N2O2S. The van der Waals surface area contributed by atoms with Crippen molar-refractivity contribution >= 4 is 23.2 Å². The number of amides is 2. The largest absolute Gasteiger partial charge is 0.354 e. The highest BCUT2D eigenvalue weighted by molar-refractivity contribution is 7.10. The summed E-state index contributed by atoms with van der Waals surface area (Å²) >= 11 is 1.57. The molecule has 0 aliphatic rings. The van der Waals surface area contributed by atoms with Crippen molar-refractivity contribution in [1.29, 1.82) is 0 Å². The fraction of sp³-hybridized carbons (Fsp3) is 0.571. The SMILES string of the molecule is CCC(CC)C(=O)NCCNC(=O)Cc1cccs1. The number of nitrogens with one attached hydrogen (secondary N) is 2. The predicted molar refractivity (Wildman–Crippen MR) is 78.1 cm³/mol. The minimum atomic E-state index is -0.000711. The molecule has 2 N–H and O–H groups in total. The Morgan fingerprint density at radius 1 is 1.21 bits per heavy atom. The predicted octanol–water partition coefficient (Wildman–Crippen LogP) is 1.96. The standard InChI is InChI=1S/C14H22N2O2S/c1-3-11(4-2)14(18)16-8-7-15-13(17)10-12-6-5-9-19-12/h5-6,9,11H,3-4,7-8,10H2,1-2H3,(H,15,17)(H,16,18). The van der Waals surface area contributed by atoms with Gasteiger partial charge in [-0.3, -0.25) is 9.59 Å². The van der Waals surface area contributed by atoms with E-state index in [2.05, 4.69) is 10.6 Å². The summed E-state index contributed by atoms with van der Waals surface area (Å²) in [6, 6.07) is 3.88. The Morgan fingerprint density at radius 2 is 1.89 bits per heavy atom. The molecule has 2 amide bonds. The van der Waals surface area contributed by atoms with E-state index in [1.54, 1.807) is 11.3 Å². The Morgan fingerprint density at radius 3 is 2.47 bits per heavy atom. The van der Waals surface area contributed by atoms with Gasteiger partial charge in [0.25, 0.3) is 0 Å². The minimum absolute atomic E-state index is 0.000711. The number of carbonyl (C=O) groups is 2. The van der Waals surface area contributed by atoms with E-state index in [-0.39, 0.29) is 17.7 Å². The van der Waals surface area contributed by atoms with Gasteiger partial charge in [-0.15, -0.1) is 11.3 Å². The lowest BCUT2D eigenvalue weighted by Gasteiger charge is -2.12. The molecule has 0 radical (unpaired) electrons. The van der Waals surface area contributed by atoms with Gasteiger partial charge in [0.1, 0.15) is 0 Å². The maximum atomic E-state index is 11.7. The fourth-order valence-electron chi connectivity index (χ4n) is 1.83. The molecule has 106 valence electrons. The Kier molecular flexibility index (Phi) is 7.18. The molecule has 5 heteroatoms. The van der Waals surface area contributed by atoms with Crippen LogP contribution in [0.4, 0.5) is 0 Å². The van der Waals surface area contributed by atoms with E-state index < -0.39 is 0 Å². The van der Waals surface area contributed by atoms with Crippen LogP contribution in [0, 0.1) is 5.92 Å². The molecule has 1 aromatic heterocycles. The summed E-state index contributed by atoms with van der Waals surface area (Å²) in [6.07, 6.45) is 2.12. The summed E-state index contributed by atoms with van der Waals surface area (Å²) in [5.41, 5.74) is 0. The topological polar surface area (TPSA) is 58.2 Å². The van der Waals surface area contributed by atoms with Crippen molar-refractivity contribution in [1.82, 2.24) is 10.6 Å². The molecule has 0 saturated carbocycles. The van der Waals surface area contributed by atoms with Crippen LogP contribution >= 0.6 is 11.3 Å². The summed E-state index contributed by atoms with van der Waals surface area (Å²) in [5, 5.41) is 7.61. The number of rotatable bonds is 8. The van der Waals surface area contributed by atoms with E-state index in [0.29, 0.717) is 19.5 Å². The van der Waals surface area contributed by atoms with Gasteiger partial charge in [0.2, 0.25) is 11.8 Å². The molecule has 0 bridgehead atoms. The van der Waals surface area contributed by atoms with Crippen molar-refractivity contribution in [2.45, 2.75) is 33.1 Å². The molecule has 4 nitrogen and oxygen atoms in total. The van der Waals surface area contributed by atoms with Crippen LogP contribution in [-0.2, 0) is 16.0 Å². The zero-order valence-corrected chi connectivity index (χ0v) is 12.4. The molecule has 0 aromatic carbocycles. The lowest BCUT2D eigenvalue weighted by atomic mass is 10.0. The molecule has 0 spiro atoms. The first-order chi connectivity index (χ1) is 9.17. The van der Waals surface area contributed by atoms with E-state index in [4.69, 9.17) is 0 Å². The highest BCUT2D eigenvalue weighted by Crippen LogP contribution is 2.08. The van der Waals surface area contributed by atoms with E-state index in [0.717, 1.165) is 17.7 Å². The normalized spacial score (nSPS) is 10.5. The van der Waals surface area contributed by atoms with Gasteiger partial charge < -0.3 is 10.6 Å². The lowest BCUT2D eigenvalue weighted by molar-refractivity contribution is -0.125. The van der Waals surface area contributed by atoms with Crippen LogP contribution in [0.2, 0.25) is 0 Å². The zero-order chi connectivity index (χ0) is 14.1. The molecule has 1 heterocycles. The van der Waals surface area contributed by atoms with Crippen LogP contribution < -0.4 is 10.6 Å². The van der Waals surface area contributed by atoms with Gasteiger partial charge in [-0.05, 0) is 24.3 Å². The quantitative estimate of drug-likeness (QED) is 0.716. The van der Waals surface area contributed by atoms with Crippen LogP contribution in [0.5, 0.6) is 0 Å². The molecular weight excluding hydrogens is 260 g/mol. The second kappa shape index (κ2) is 8.69. The van der Waals surface area contributed by atoms with Gasteiger partial charge in [0.15, 0.2) is 0 Å². The van der Waals surface area contributed by atoms with Crippen molar-refractivity contribution in [3.8, 4) is 0 Å². The maximum absolute atomic E-state index is 11.7. The molecule has 0 aliphatic heterocycles.